The van der Waals surface area contributed by atoms with E-state index < -0.39 is 0 Å². The Balaban J connectivity index is 2.02. The highest BCUT2D eigenvalue weighted by Crippen LogP contribution is 2.30. The van der Waals surface area contributed by atoms with Crippen LogP contribution in [-0.2, 0) is 0 Å². The Bertz CT molecular complexity index is 1130. The first-order chi connectivity index (χ1) is 12.1. The molecular formula is C20H11ClO3S. The van der Waals surface area contributed by atoms with Crippen molar-refractivity contribution >= 4 is 39.7 Å². The van der Waals surface area contributed by atoms with Crippen LogP contribution in [0.25, 0.3) is 21.6 Å². The molecule has 122 valence electrons. The van der Waals surface area contributed by atoms with Gasteiger partial charge in [0.1, 0.15) is 11.1 Å². The molecule has 0 radical (unpaired) electrons. The predicted molar refractivity (Wildman–Crippen MR) is 101 cm³/mol. The van der Waals surface area contributed by atoms with E-state index in [4.69, 9.17) is 16.0 Å². The monoisotopic (exact) mass is 366 g/mol. The molecule has 0 saturated heterocycles. The molecule has 4 rings (SSSR count). The van der Waals surface area contributed by atoms with E-state index in [1.54, 1.807) is 48.5 Å². The third-order valence-corrected chi connectivity index (χ3v) is 5.00. The van der Waals surface area contributed by atoms with Crippen molar-refractivity contribution in [3.63, 3.8) is 0 Å². The molecule has 0 saturated carbocycles. The Morgan fingerprint density at radius 2 is 1.72 bits per heavy atom. The summed E-state index contributed by atoms with van der Waals surface area (Å²) in [5, 5.41) is 2.79. The second kappa shape index (κ2) is 6.31. The van der Waals surface area contributed by atoms with Gasteiger partial charge in [-0.1, -0.05) is 29.8 Å². The quantitative estimate of drug-likeness (QED) is 0.456. The minimum absolute atomic E-state index is 0.0449. The molecule has 0 fully saturated rings. The standard InChI is InChI=1S/C20H11ClO3S/c21-13-9-7-12(8-10-13)18(22)17-19(23)14-4-1-2-5-15(14)24-20(17)16-6-3-11-25-16/h1-11H. The summed E-state index contributed by atoms with van der Waals surface area (Å²) in [5.41, 5.74) is 0.571. The van der Waals surface area contributed by atoms with Crippen molar-refractivity contribution in [1.82, 2.24) is 0 Å². The molecule has 2 aromatic heterocycles. The van der Waals surface area contributed by atoms with Crippen LogP contribution < -0.4 is 5.43 Å². The number of carbonyl (C=O) groups excluding carboxylic acids is 1. The Labute approximate surface area is 152 Å². The highest BCUT2D eigenvalue weighted by atomic mass is 35.5. The maximum absolute atomic E-state index is 13.0. The summed E-state index contributed by atoms with van der Waals surface area (Å²) >= 11 is 7.31. The van der Waals surface area contributed by atoms with Crippen molar-refractivity contribution in [2.24, 2.45) is 0 Å². The van der Waals surface area contributed by atoms with Crippen LogP contribution in [-0.4, -0.2) is 5.78 Å². The topological polar surface area (TPSA) is 47.3 Å². The fourth-order valence-corrected chi connectivity index (χ4v) is 3.51. The second-order valence-electron chi connectivity index (χ2n) is 5.44. The fourth-order valence-electron chi connectivity index (χ4n) is 2.68. The van der Waals surface area contributed by atoms with Gasteiger partial charge in [-0.3, -0.25) is 9.59 Å². The van der Waals surface area contributed by atoms with Crippen LogP contribution in [0.5, 0.6) is 0 Å². The van der Waals surface area contributed by atoms with Gasteiger partial charge in [0.15, 0.2) is 5.76 Å². The molecule has 4 aromatic rings. The van der Waals surface area contributed by atoms with Gasteiger partial charge in [-0.2, -0.15) is 0 Å². The number of rotatable bonds is 3. The highest BCUT2D eigenvalue weighted by Gasteiger charge is 2.23. The van der Waals surface area contributed by atoms with Gasteiger partial charge in [0.25, 0.3) is 0 Å². The number of thiophene rings is 1. The SMILES string of the molecule is O=C(c1ccc(Cl)cc1)c1c(-c2cccs2)oc2ccccc2c1=O. The number of fused-ring (bicyclic) bond motifs is 1. The zero-order valence-corrected chi connectivity index (χ0v) is 14.4. The predicted octanol–water partition coefficient (Wildman–Crippen LogP) is 5.41. The smallest absolute Gasteiger partial charge is 0.204 e. The van der Waals surface area contributed by atoms with Crippen LogP contribution in [0.3, 0.4) is 0 Å². The molecule has 0 spiro atoms. The van der Waals surface area contributed by atoms with Gasteiger partial charge in [-0.05, 0) is 47.8 Å². The summed E-state index contributed by atoms with van der Waals surface area (Å²) < 4.78 is 5.95. The zero-order valence-electron chi connectivity index (χ0n) is 12.9. The molecule has 2 heterocycles. The molecule has 0 aliphatic heterocycles. The van der Waals surface area contributed by atoms with Crippen molar-refractivity contribution in [3.8, 4) is 10.6 Å². The molecule has 5 heteroatoms. The second-order valence-corrected chi connectivity index (χ2v) is 6.83. The lowest BCUT2D eigenvalue weighted by atomic mass is 10.00. The lowest BCUT2D eigenvalue weighted by molar-refractivity contribution is 0.103. The summed E-state index contributed by atoms with van der Waals surface area (Å²) in [5.74, 6) is -0.0711. The van der Waals surface area contributed by atoms with E-state index in [1.165, 1.54) is 11.3 Å². The summed E-state index contributed by atoms with van der Waals surface area (Å²) in [6.07, 6.45) is 0. The Kier molecular flexibility index (Phi) is 3.99. The molecule has 0 aliphatic rings. The van der Waals surface area contributed by atoms with Crippen LogP contribution >= 0.6 is 22.9 Å². The average molecular weight is 367 g/mol. The maximum atomic E-state index is 13.0. The van der Waals surface area contributed by atoms with E-state index in [1.807, 2.05) is 17.5 Å². The van der Waals surface area contributed by atoms with E-state index in [0.717, 1.165) is 4.88 Å². The Hall–Kier alpha value is -2.69. The first-order valence-electron chi connectivity index (χ1n) is 7.55. The molecule has 0 bridgehead atoms. The van der Waals surface area contributed by atoms with Crippen molar-refractivity contribution in [3.05, 3.63) is 92.4 Å². The minimum Gasteiger partial charge on any atom is -0.454 e. The summed E-state index contributed by atoms with van der Waals surface area (Å²) in [4.78, 5) is 26.8. The van der Waals surface area contributed by atoms with Crippen molar-refractivity contribution in [2.75, 3.05) is 0 Å². The molecule has 0 atom stereocenters. The number of halogens is 1. The van der Waals surface area contributed by atoms with Gasteiger partial charge in [-0.15, -0.1) is 11.3 Å². The normalized spacial score (nSPS) is 10.9. The first kappa shape index (κ1) is 15.8. The van der Waals surface area contributed by atoms with Crippen molar-refractivity contribution < 1.29 is 9.21 Å². The number of hydrogen-bond acceptors (Lipinski definition) is 4. The van der Waals surface area contributed by atoms with Crippen molar-refractivity contribution in [1.29, 1.82) is 0 Å². The van der Waals surface area contributed by atoms with Crippen LogP contribution in [0.2, 0.25) is 5.02 Å². The van der Waals surface area contributed by atoms with E-state index in [0.29, 0.717) is 27.3 Å². The van der Waals surface area contributed by atoms with Crippen molar-refractivity contribution in [2.45, 2.75) is 0 Å². The highest BCUT2D eigenvalue weighted by molar-refractivity contribution is 7.13. The molecule has 0 aliphatic carbocycles. The van der Waals surface area contributed by atoms with Gasteiger partial charge in [0.05, 0.1) is 10.3 Å². The molecule has 0 N–H and O–H groups in total. The Morgan fingerprint density at radius 3 is 2.44 bits per heavy atom. The van der Waals surface area contributed by atoms with E-state index >= 15 is 0 Å². The number of carbonyl (C=O) groups is 1. The molecule has 0 amide bonds. The van der Waals surface area contributed by atoms with E-state index in [-0.39, 0.29) is 16.8 Å². The average Bonchev–Trinajstić information content (AvgIpc) is 3.16. The number of benzene rings is 2. The molecular weight excluding hydrogens is 356 g/mol. The number of hydrogen-bond donors (Lipinski definition) is 0. The van der Waals surface area contributed by atoms with E-state index in [2.05, 4.69) is 0 Å². The molecule has 3 nitrogen and oxygen atoms in total. The lowest BCUT2D eigenvalue weighted by Gasteiger charge is -2.08. The summed E-state index contributed by atoms with van der Waals surface area (Å²) in [6.45, 7) is 0. The van der Waals surface area contributed by atoms with Gasteiger partial charge >= 0.3 is 0 Å². The lowest BCUT2D eigenvalue weighted by Crippen LogP contribution is -2.17. The van der Waals surface area contributed by atoms with Crippen LogP contribution in [0.15, 0.2) is 75.3 Å². The number of para-hydroxylation sites is 1. The van der Waals surface area contributed by atoms with Gasteiger partial charge in [0.2, 0.25) is 11.2 Å². The van der Waals surface area contributed by atoms with Gasteiger partial charge < -0.3 is 4.42 Å². The van der Waals surface area contributed by atoms with Crippen LogP contribution in [0, 0.1) is 0 Å². The fraction of sp³-hybridized carbons (Fsp3) is 0. The van der Waals surface area contributed by atoms with Crippen LogP contribution in [0.4, 0.5) is 0 Å². The molecule has 2 aromatic carbocycles. The van der Waals surface area contributed by atoms with Gasteiger partial charge in [0, 0.05) is 10.6 Å². The first-order valence-corrected chi connectivity index (χ1v) is 8.81. The minimum atomic E-state index is -0.375. The summed E-state index contributed by atoms with van der Waals surface area (Å²) in [6, 6.07) is 17.1. The largest absolute Gasteiger partial charge is 0.454 e. The van der Waals surface area contributed by atoms with E-state index in [9.17, 15) is 9.59 Å². The Morgan fingerprint density at radius 1 is 0.960 bits per heavy atom. The number of ketones is 1. The summed E-state index contributed by atoms with van der Waals surface area (Å²) in [7, 11) is 0. The maximum Gasteiger partial charge on any atom is 0.204 e. The zero-order chi connectivity index (χ0) is 17.4. The third kappa shape index (κ3) is 2.80. The third-order valence-electron chi connectivity index (χ3n) is 3.88. The van der Waals surface area contributed by atoms with Gasteiger partial charge in [-0.25, -0.2) is 0 Å². The van der Waals surface area contributed by atoms with Crippen LogP contribution in [0.1, 0.15) is 15.9 Å². The molecule has 25 heavy (non-hydrogen) atoms. The molecule has 0 unspecified atom stereocenters.